The number of nitrogens with zero attached hydrogens (tertiary/aromatic N) is 6. The number of imidazole rings is 1. The van der Waals surface area contributed by atoms with Crippen molar-refractivity contribution in [3.8, 4) is 0 Å². The third kappa shape index (κ3) is 4.05. The van der Waals surface area contributed by atoms with Gasteiger partial charge < -0.3 is 14.8 Å². The van der Waals surface area contributed by atoms with E-state index in [1.165, 1.54) is 15.8 Å². The van der Waals surface area contributed by atoms with Gasteiger partial charge in [-0.15, -0.1) is 5.10 Å². The van der Waals surface area contributed by atoms with Crippen LogP contribution in [-0.2, 0) is 17.9 Å². The molecule has 0 fully saturated rings. The molecule has 0 saturated carbocycles. The van der Waals surface area contributed by atoms with E-state index in [1.807, 2.05) is 24.3 Å². The lowest BCUT2D eigenvalue weighted by atomic mass is 10.3. The number of aryl methyl sites for hydroxylation is 1. The molecule has 2 heterocycles. The average Bonchev–Trinajstić information content (AvgIpc) is 3.25. The number of para-hydroxylation sites is 2. The number of fused-ring (bicyclic) bond motifs is 1. The largest absolute Gasteiger partial charge is 0.351 e. The highest BCUT2D eigenvalue weighted by molar-refractivity contribution is 5.91. The molecule has 3 aromatic rings. The van der Waals surface area contributed by atoms with E-state index < -0.39 is 0 Å². The monoisotopic (exact) mass is 355 g/mol. The van der Waals surface area contributed by atoms with Crippen molar-refractivity contribution < 1.29 is 9.59 Å². The minimum atomic E-state index is -0.302. The quantitative estimate of drug-likeness (QED) is 0.624. The molecule has 0 unspecified atom stereocenters. The van der Waals surface area contributed by atoms with Crippen LogP contribution in [0.25, 0.3) is 11.0 Å². The summed E-state index contributed by atoms with van der Waals surface area (Å²) in [5, 5.41) is 10.4. The molecule has 0 atom stereocenters. The first kappa shape index (κ1) is 17.6. The number of benzene rings is 1. The fourth-order valence-electron chi connectivity index (χ4n) is 2.49. The van der Waals surface area contributed by atoms with Crippen LogP contribution in [-0.4, -0.2) is 61.9 Å². The zero-order chi connectivity index (χ0) is 18.5. The Hall–Kier alpha value is -3.23. The molecule has 3 rings (SSSR count). The molecule has 1 N–H and O–H groups in total. The van der Waals surface area contributed by atoms with Crippen LogP contribution in [0.3, 0.4) is 0 Å². The minimum absolute atomic E-state index is 0.0565. The van der Waals surface area contributed by atoms with Crippen molar-refractivity contribution in [1.82, 2.24) is 34.8 Å². The molecule has 2 aromatic heterocycles. The highest BCUT2D eigenvalue weighted by Crippen LogP contribution is 2.11. The van der Waals surface area contributed by atoms with Crippen molar-refractivity contribution in [2.24, 2.45) is 0 Å². The van der Waals surface area contributed by atoms with Gasteiger partial charge in [-0.05, 0) is 18.6 Å². The van der Waals surface area contributed by atoms with Gasteiger partial charge >= 0.3 is 0 Å². The van der Waals surface area contributed by atoms with Crippen molar-refractivity contribution in [3.63, 3.8) is 0 Å². The van der Waals surface area contributed by atoms with Gasteiger partial charge in [-0.2, -0.15) is 0 Å². The SMILES string of the molecule is CN(C)C(=O)Cn1cc(C(=O)NCCCn2cnc3ccccc32)nn1. The molecule has 0 spiro atoms. The number of nitrogens with one attached hydrogen (secondary N) is 1. The summed E-state index contributed by atoms with van der Waals surface area (Å²) in [6.07, 6.45) is 4.04. The third-order valence-electron chi connectivity index (χ3n) is 3.96. The molecule has 0 saturated heterocycles. The molecule has 1 aromatic carbocycles. The summed E-state index contributed by atoms with van der Waals surface area (Å²) in [7, 11) is 3.33. The topological polar surface area (TPSA) is 97.9 Å². The molecule has 0 aliphatic carbocycles. The zero-order valence-electron chi connectivity index (χ0n) is 14.8. The summed E-state index contributed by atoms with van der Waals surface area (Å²) < 4.78 is 3.42. The lowest BCUT2D eigenvalue weighted by Crippen LogP contribution is -2.27. The first-order valence-corrected chi connectivity index (χ1v) is 8.33. The normalized spacial score (nSPS) is 10.8. The molecule has 9 heteroatoms. The molecule has 0 aliphatic heterocycles. The van der Waals surface area contributed by atoms with E-state index >= 15 is 0 Å². The van der Waals surface area contributed by atoms with Gasteiger partial charge in [0, 0.05) is 27.2 Å². The minimum Gasteiger partial charge on any atom is -0.351 e. The van der Waals surface area contributed by atoms with Crippen LogP contribution >= 0.6 is 0 Å². The van der Waals surface area contributed by atoms with Crippen LogP contribution in [0.15, 0.2) is 36.8 Å². The maximum absolute atomic E-state index is 12.1. The van der Waals surface area contributed by atoms with Crippen LogP contribution in [0.1, 0.15) is 16.9 Å². The molecule has 9 nitrogen and oxygen atoms in total. The maximum atomic E-state index is 12.1. The van der Waals surface area contributed by atoms with Crippen LogP contribution in [0.4, 0.5) is 0 Å². The van der Waals surface area contributed by atoms with Gasteiger partial charge in [-0.25, -0.2) is 9.67 Å². The third-order valence-corrected chi connectivity index (χ3v) is 3.96. The van der Waals surface area contributed by atoms with Gasteiger partial charge in [0.05, 0.1) is 23.6 Å². The number of rotatable bonds is 7. The molecule has 0 bridgehead atoms. The zero-order valence-corrected chi connectivity index (χ0v) is 14.8. The Balaban J connectivity index is 1.47. The second-order valence-electron chi connectivity index (χ2n) is 6.13. The second-order valence-corrected chi connectivity index (χ2v) is 6.13. The van der Waals surface area contributed by atoms with Gasteiger partial charge in [0.1, 0.15) is 6.54 Å². The van der Waals surface area contributed by atoms with Crippen LogP contribution in [0.5, 0.6) is 0 Å². The maximum Gasteiger partial charge on any atom is 0.273 e. The Morgan fingerprint density at radius 2 is 2.04 bits per heavy atom. The predicted octanol–water partition coefficient (Wildman–Crippen LogP) is 0.536. The predicted molar refractivity (Wildman–Crippen MR) is 95.4 cm³/mol. The van der Waals surface area contributed by atoms with Crippen LogP contribution < -0.4 is 5.32 Å². The Kier molecular flexibility index (Phi) is 5.26. The molecule has 0 radical (unpaired) electrons. The highest BCUT2D eigenvalue weighted by Gasteiger charge is 2.12. The summed E-state index contributed by atoms with van der Waals surface area (Å²) in [5.74, 6) is -0.418. The van der Waals surface area contributed by atoms with E-state index in [-0.39, 0.29) is 24.1 Å². The van der Waals surface area contributed by atoms with Crippen molar-refractivity contribution in [1.29, 1.82) is 0 Å². The molecule has 0 aliphatic rings. The van der Waals surface area contributed by atoms with Gasteiger partial charge in [0.2, 0.25) is 5.91 Å². The summed E-state index contributed by atoms with van der Waals surface area (Å²) >= 11 is 0. The Morgan fingerprint density at radius 1 is 1.23 bits per heavy atom. The van der Waals surface area contributed by atoms with Gasteiger partial charge in [-0.3, -0.25) is 9.59 Å². The van der Waals surface area contributed by atoms with E-state index in [9.17, 15) is 9.59 Å². The van der Waals surface area contributed by atoms with Crippen molar-refractivity contribution in [2.75, 3.05) is 20.6 Å². The lowest BCUT2D eigenvalue weighted by Gasteiger charge is -2.08. The molecule has 26 heavy (non-hydrogen) atoms. The number of amides is 2. The molecule has 136 valence electrons. The Labute approximate surface area is 150 Å². The molecular weight excluding hydrogens is 334 g/mol. The number of carbonyl (C=O) groups excluding carboxylic acids is 2. The van der Waals surface area contributed by atoms with Gasteiger partial charge in [-0.1, -0.05) is 17.3 Å². The number of hydrogen-bond acceptors (Lipinski definition) is 5. The van der Waals surface area contributed by atoms with Crippen molar-refractivity contribution in [2.45, 2.75) is 19.5 Å². The van der Waals surface area contributed by atoms with Crippen molar-refractivity contribution >= 4 is 22.8 Å². The Morgan fingerprint density at radius 3 is 2.85 bits per heavy atom. The van der Waals surface area contributed by atoms with E-state index in [2.05, 4.69) is 25.2 Å². The van der Waals surface area contributed by atoms with Crippen LogP contribution in [0.2, 0.25) is 0 Å². The average molecular weight is 355 g/mol. The first-order valence-electron chi connectivity index (χ1n) is 8.33. The fourth-order valence-corrected chi connectivity index (χ4v) is 2.49. The standard InChI is InChI=1S/C17H21N7O2/c1-22(2)16(25)11-24-10-14(20-21-24)17(26)18-8-5-9-23-12-19-13-6-3-4-7-15(13)23/h3-4,6-7,10,12H,5,8-9,11H2,1-2H3,(H,18,26). The summed E-state index contributed by atoms with van der Waals surface area (Å²) in [6, 6.07) is 7.93. The highest BCUT2D eigenvalue weighted by atomic mass is 16.2. The van der Waals surface area contributed by atoms with E-state index in [4.69, 9.17) is 0 Å². The number of hydrogen-bond donors (Lipinski definition) is 1. The van der Waals surface area contributed by atoms with Gasteiger partial charge in [0.15, 0.2) is 5.69 Å². The first-order chi connectivity index (χ1) is 12.5. The molecular formula is C17H21N7O2. The Bertz CT molecular complexity index is 913. The fraction of sp³-hybridized carbons (Fsp3) is 0.353. The van der Waals surface area contributed by atoms with Crippen molar-refractivity contribution in [3.05, 3.63) is 42.5 Å². The summed E-state index contributed by atoms with van der Waals surface area (Å²) in [5.41, 5.74) is 2.23. The van der Waals surface area contributed by atoms with E-state index in [0.29, 0.717) is 6.54 Å². The lowest BCUT2D eigenvalue weighted by molar-refractivity contribution is -0.129. The van der Waals surface area contributed by atoms with Crippen LogP contribution in [0, 0.1) is 0 Å². The second kappa shape index (κ2) is 7.77. The summed E-state index contributed by atoms with van der Waals surface area (Å²) in [4.78, 5) is 29.5. The summed E-state index contributed by atoms with van der Waals surface area (Å²) in [6.45, 7) is 1.32. The number of likely N-dealkylation sites (N-methyl/N-ethyl adjacent to an activating group) is 1. The number of aromatic nitrogens is 5. The number of carbonyl (C=O) groups is 2. The smallest absolute Gasteiger partial charge is 0.273 e. The van der Waals surface area contributed by atoms with E-state index in [0.717, 1.165) is 24.0 Å². The van der Waals surface area contributed by atoms with E-state index in [1.54, 1.807) is 20.4 Å². The molecule has 2 amide bonds. The van der Waals surface area contributed by atoms with Gasteiger partial charge in [0.25, 0.3) is 5.91 Å².